The van der Waals surface area contributed by atoms with Crippen LogP contribution in [-0.2, 0) is 9.59 Å². The summed E-state index contributed by atoms with van der Waals surface area (Å²) < 4.78 is 0. The standard InChI is InChI=1S/C9H19N3O2/c1-4-7(10)9(14)12(3)6-8(13)11-5-2/h7H,4-6,10H2,1-3H3,(H,11,13). The summed E-state index contributed by atoms with van der Waals surface area (Å²) in [6.07, 6.45) is 0.582. The van der Waals surface area contributed by atoms with Crippen LogP contribution in [0.2, 0.25) is 0 Å². The maximum Gasteiger partial charge on any atom is 0.239 e. The summed E-state index contributed by atoms with van der Waals surface area (Å²) in [6, 6.07) is -0.505. The molecule has 0 aromatic heterocycles. The van der Waals surface area contributed by atoms with Crippen LogP contribution in [0.15, 0.2) is 0 Å². The van der Waals surface area contributed by atoms with E-state index in [0.29, 0.717) is 13.0 Å². The van der Waals surface area contributed by atoms with E-state index in [0.717, 1.165) is 0 Å². The number of rotatable bonds is 5. The Labute approximate surface area is 84.6 Å². The van der Waals surface area contributed by atoms with Gasteiger partial charge in [-0.3, -0.25) is 9.59 Å². The third-order valence-corrected chi connectivity index (χ3v) is 1.89. The average Bonchev–Trinajstić information content (AvgIpc) is 2.15. The zero-order chi connectivity index (χ0) is 11.1. The van der Waals surface area contributed by atoms with E-state index < -0.39 is 6.04 Å². The number of likely N-dealkylation sites (N-methyl/N-ethyl adjacent to an activating group) is 2. The molecular weight excluding hydrogens is 182 g/mol. The van der Waals surface area contributed by atoms with E-state index in [1.165, 1.54) is 4.90 Å². The third kappa shape index (κ3) is 4.23. The Balaban J connectivity index is 4.01. The van der Waals surface area contributed by atoms with Gasteiger partial charge < -0.3 is 16.0 Å². The van der Waals surface area contributed by atoms with Gasteiger partial charge in [0, 0.05) is 13.6 Å². The highest BCUT2D eigenvalue weighted by Gasteiger charge is 2.17. The first-order chi connectivity index (χ1) is 6.52. The van der Waals surface area contributed by atoms with Crippen molar-refractivity contribution in [1.29, 1.82) is 0 Å². The van der Waals surface area contributed by atoms with Gasteiger partial charge in [-0.05, 0) is 13.3 Å². The highest BCUT2D eigenvalue weighted by molar-refractivity contribution is 5.87. The van der Waals surface area contributed by atoms with Crippen LogP contribution in [0, 0.1) is 0 Å². The van der Waals surface area contributed by atoms with Crippen LogP contribution < -0.4 is 11.1 Å². The molecule has 82 valence electrons. The molecular formula is C9H19N3O2. The number of hydrogen-bond donors (Lipinski definition) is 2. The Hall–Kier alpha value is -1.10. The van der Waals surface area contributed by atoms with Crippen molar-refractivity contribution in [3.8, 4) is 0 Å². The maximum absolute atomic E-state index is 11.4. The van der Waals surface area contributed by atoms with Gasteiger partial charge in [-0.25, -0.2) is 0 Å². The molecule has 5 nitrogen and oxygen atoms in total. The molecule has 3 N–H and O–H groups in total. The second-order valence-corrected chi connectivity index (χ2v) is 3.16. The van der Waals surface area contributed by atoms with Gasteiger partial charge in [-0.1, -0.05) is 6.92 Å². The first kappa shape index (κ1) is 12.9. The molecule has 0 spiro atoms. The van der Waals surface area contributed by atoms with Crippen molar-refractivity contribution in [3.05, 3.63) is 0 Å². The maximum atomic E-state index is 11.4. The second-order valence-electron chi connectivity index (χ2n) is 3.16. The van der Waals surface area contributed by atoms with Gasteiger partial charge in [-0.15, -0.1) is 0 Å². The van der Waals surface area contributed by atoms with E-state index in [2.05, 4.69) is 5.32 Å². The fourth-order valence-corrected chi connectivity index (χ4v) is 1.00. The van der Waals surface area contributed by atoms with Crippen LogP contribution in [0.25, 0.3) is 0 Å². The monoisotopic (exact) mass is 201 g/mol. The molecule has 0 aliphatic carbocycles. The van der Waals surface area contributed by atoms with Crippen molar-refractivity contribution >= 4 is 11.8 Å². The van der Waals surface area contributed by atoms with Crippen LogP contribution in [0.3, 0.4) is 0 Å². The molecule has 0 aliphatic rings. The number of nitrogens with two attached hydrogens (primary N) is 1. The first-order valence-electron chi connectivity index (χ1n) is 4.80. The van der Waals surface area contributed by atoms with Gasteiger partial charge >= 0.3 is 0 Å². The van der Waals surface area contributed by atoms with Crippen LogP contribution in [0.1, 0.15) is 20.3 Å². The minimum Gasteiger partial charge on any atom is -0.355 e. The lowest BCUT2D eigenvalue weighted by molar-refractivity contribution is -0.135. The van der Waals surface area contributed by atoms with E-state index in [9.17, 15) is 9.59 Å². The molecule has 0 aliphatic heterocycles. The van der Waals surface area contributed by atoms with Crippen molar-refractivity contribution in [2.24, 2.45) is 5.73 Å². The Bertz CT molecular complexity index is 206. The number of amides is 2. The SMILES string of the molecule is CCNC(=O)CN(C)C(=O)C(N)CC. The van der Waals surface area contributed by atoms with Gasteiger partial charge in [0.25, 0.3) is 0 Å². The highest BCUT2D eigenvalue weighted by Crippen LogP contribution is 1.93. The van der Waals surface area contributed by atoms with Crippen LogP contribution in [0.4, 0.5) is 0 Å². The third-order valence-electron chi connectivity index (χ3n) is 1.89. The van der Waals surface area contributed by atoms with E-state index in [1.54, 1.807) is 7.05 Å². The number of carbonyl (C=O) groups is 2. The molecule has 0 aromatic carbocycles. The molecule has 0 fully saturated rings. The lowest BCUT2D eigenvalue weighted by Crippen LogP contribution is -2.45. The zero-order valence-corrected chi connectivity index (χ0v) is 9.04. The molecule has 0 saturated carbocycles. The van der Waals surface area contributed by atoms with Crippen molar-refractivity contribution in [2.75, 3.05) is 20.1 Å². The van der Waals surface area contributed by atoms with E-state index in [1.807, 2.05) is 13.8 Å². The molecule has 0 saturated heterocycles. The topological polar surface area (TPSA) is 75.4 Å². The molecule has 0 rings (SSSR count). The van der Waals surface area contributed by atoms with E-state index in [-0.39, 0.29) is 18.4 Å². The quantitative estimate of drug-likeness (QED) is 0.618. The number of carbonyl (C=O) groups excluding carboxylic acids is 2. The first-order valence-corrected chi connectivity index (χ1v) is 4.80. The smallest absolute Gasteiger partial charge is 0.239 e. The lowest BCUT2D eigenvalue weighted by Gasteiger charge is -2.19. The fraction of sp³-hybridized carbons (Fsp3) is 0.778. The summed E-state index contributed by atoms with van der Waals surface area (Å²) in [5.41, 5.74) is 5.54. The van der Waals surface area contributed by atoms with Gasteiger partial charge in [0.2, 0.25) is 11.8 Å². The normalized spacial score (nSPS) is 12.0. The Morgan fingerprint density at radius 3 is 2.43 bits per heavy atom. The Kier molecular flexibility index (Phi) is 5.87. The van der Waals surface area contributed by atoms with Crippen LogP contribution in [0.5, 0.6) is 0 Å². The Morgan fingerprint density at radius 1 is 1.43 bits per heavy atom. The number of hydrogen-bond acceptors (Lipinski definition) is 3. The minimum atomic E-state index is -0.505. The minimum absolute atomic E-state index is 0.0698. The number of nitrogens with zero attached hydrogens (tertiary/aromatic N) is 1. The molecule has 0 bridgehead atoms. The molecule has 1 atom stereocenters. The molecule has 2 amide bonds. The summed E-state index contributed by atoms with van der Waals surface area (Å²) in [7, 11) is 1.58. The second kappa shape index (κ2) is 6.37. The molecule has 0 heterocycles. The fourth-order valence-electron chi connectivity index (χ4n) is 1.00. The number of nitrogens with one attached hydrogen (secondary N) is 1. The van der Waals surface area contributed by atoms with E-state index >= 15 is 0 Å². The summed E-state index contributed by atoms with van der Waals surface area (Å²) in [5, 5.41) is 2.61. The molecule has 0 aromatic rings. The van der Waals surface area contributed by atoms with Crippen LogP contribution >= 0.6 is 0 Å². The molecule has 5 heteroatoms. The van der Waals surface area contributed by atoms with Gasteiger partial charge in [0.1, 0.15) is 0 Å². The molecule has 1 unspecified atom stereocenters. The van der Waals surface area contributed by atoms with Crippen molar-refractivity contribution in [1.82, 2.24) is 10.2 Å². The zero-order valence-electron chi connectivity index (χ0n) is 9.04. The van der Waals surface area contributed by atoms with Gasteiger partial charge in [-0.2, -0.15) is 0 Å². The van der Waals surface area contributed by atoms with Gasteiger partial charge in [0.15, 0.2) is 0 Å². The summed E-state index contributed by atoms with van der Waals surface area (Å²) in [5.74, 6) is -0.356. The molecule has 0 radical (unpaired) electrons. The summed E-state index contributed by atoms with van der Waals surface area (Å²) in [6.45, 7) is 4.31. The van der Waals surface area contributed by atoms with Crippen molar-refractivity contribution in [2.45, 2.75) is 26.3 Å². The lowest BCUT2D eigenvalue weighted by atomic mass is 10.2. The predicted molar refractivity (Wildman–Crippen MR) is 54.6 cm³/mol. The van der Waals surface area contributed by atoms with Crippen molar-refractivity contribution in [3.63, 3.8) is 0 Å². The Morgan fingerprint density at radius 2 is 2.00 bits per heavy atom. The predicted octanol–water partition coefficient (Wildman–Crippen LogP) is -0.682. The summed E-state index contributed by atoms with van der Waals surface area (Å²) in [4.78, 5) is 23.9. The van der Waals surface area contributed by atoms with E-state index in [4.69, 9.17) is 5.73 Å². The molecule has 14 heavy (non-hydrogen) atoms. The van der Waals surface area contributed by atoms with Gasteiger partial charge in [0.05, 0.1) is 12.6 Å². The highest BCUT2D eigenvalue weighted by atomic mass is 16.2. The van der Waals surface area contributed by atoms with Crippen LogP contribution in [-0.4, -0.2) is 42.9 Å². The average molecular weight is 201 g/mol. The summed E-state index contributed by atoms with van der Waals surface area (Å²) >= 11 is 0. The van der Waals surface area contributed by atoms with Crippen molar-refractivity contribution < 1.29 is 9.59 Å². The largest absolute Gasteiger partial charge is 0.355 e.